The van der Waals surface area contributed by atoms with Crippen molar-refractivity contribution in [3.63, 3.8) is 0 Å². The highest BCUT2D eigenvalue weighted by Gasteiger charge is 2.17. The first-order chi connectivity index (χ1) is 15.6. The van der Waals surface area contributed by atoms with Gasteiger partial charge in [-0.25, -0.2) is 4.39 Å². The summed E-state index contributed by atoms with van der Waals surface area (Å²) < 4.78 is 13.7. The third-order valence-corrected chi connectivity index (χ3v) is 5.70. The zero-order valence-electron chi connectivity index (χ0n) is 17.4. The summed E-state index contributed by atoms with van der Waals surface area (Å²) in [5, 5.41) is 10.4. The average Bonchev–Trinajstić information content (AvgIpc) is 2.77. The molecule has 1 heterocycles. The molecule has 1 fully saturated rings. The van der Waals surface area contributed by atoms with Crippen molar-refractivity contribution >= 4 is 39.6 Å². The number of carbonyl (C=O) groups is 1. The van der Waals surface area contributed by atoms with Crippen LogP contribution in [-0.2, 0) is 0 Å². The summed E-state index contributed by atoms with van der Waals surface area (Å²) in [4.78, 5) is 17.1. The van der Waals surface area contributed by atoms with Crippen LogP contribution < -0.4 is 16.0 Å². The molecule has 4 aromatic rings. The van der Waals surface area contributed by atoms with Crippen LogP contribution in [0.2, 0.25) is 0 Å². The van der Waals surface area contributed by atoms with Crippen LogP contribution in [0.1, 0.15) is 29.6 Å². The molecule has 5 nitrogen and oxygen atoms in total. The van der Waals surface area contributed by atoms with Crippen molar-refractivity contribution < 1.29 is 9.18 Å². The highest BCUT2D eigenvalue weighted by Crippen LogP contribution is 2.27. The Morgan fingerprint density at radius 1 is 0.906 bits per heavy atom. The lowest BCUT2D eigenvalue weighted by atomic mass is 9.93. The van der Waals surface area contributed by atoms with Crippen molar-refractivity contribution in [1.29, 1.82) is 0 Å². The molecule has 0 spiro atoms. The second-order valence-electron chi connectivity index (χ2n) is 8.03. The zero-order chi connectivity index (χ0) is 21.9. The number of benzene rings is 3. The Hall–Kier alpha value is -3.93. The van der Waals surface area contributed by atoms with Crippen LogP contribution >= 0.6 is 0 Å². The number of nitrogens with one attached hydrogen (secondary N) is 3. The minimum Gasteiger partial charge on any atom is -0.382 e. The Balaban J connectivity index is 1.32. The summed E-state index contributed by atoms with van der Waals surface area (Å²) in [6, 6.07) is 21.8. The van der Waals surface area contributed by atoms with Gasteiger partial charge in [0.1, 0.15) is 5.82 Å². The number of carbonyl (C=O) groups excluding carboxylic acids is 1. The van der Waals surface area contributed by atoms with Gasteiger partial charge in [-0.05, 0) is 79.9 Å². The van der Waals surface area contributed by atoms with E-state index < -0.39 is 0 Å². The fourth-order valence-corrected chi connectivity index (χ4v) is 3.80. The Morgan fingerprint density at radius 2 is 1.72 bits per heavy atom. The number of rotatable bonds is 6. The summed E-state index contributed by atoms with van der Waals surface area (Å²) in [6.07, 6.45) is 5.32. The van der Waals surface area contributed by atoms with E-state index in [-0.39, 0.29) is 11.7 Å². The minimum atomic E-state index is -0.323. The smallest absolute Gasteiger partial charge is 0.255 e. The normalized spacial score (nSPS) is 13.4. The highest BCUT2D eigenvalue weighted by atomic mass is 19.1. The van der Waals surface area contributed by atoms with Crippen LogP contribution in [0.3, 0.4) is 0 Å². The van der Waals surface area contributed by atoms with Gasteiger partial charge >= 0.3 is 0 Å². The first-order valence-corrected chi connectivity index (χ1v) is 10.7. The van der Waals surface area contributed by atoms with Crippen LogP contribution in [-0.4, -0.2) is 16.9 Å². The predicted octanol–water partition coefficient (Wildman–Crippen LogP) is 6.33. The molecule has 0 saturated heterocycles. The van der Waals surface area contributed by atoms with Gasteiger partial charge in [0.25, 0.3) is 5.91 Å². The average molecular weight is 426 g/mol. The number of anilines is 4. The van der Waals surface area contributed by atoms with E-state index in [4.69, 9.17) is 0 Å². The molecule has 0 bridgehead atoms. The fourth-order valence-electron chi connectivity index (χ4n) is 3.80. The van der Waals surface area contributed by atoms with E-state index in [1.165, 1.54) is 31.4 Å². The molecule has 0 radical (unpaired) electrons. The molecule has 160 valence electrons. The molecule has 3 aromatic carbocycles. The molecule has 0 unspecified atom stereocenters. The first kappa shape index (κ1) is 20.0. The molecule has 0 aliphatic heterocycles. The molecule has 1 aromatic heterocycles. The lowest BCUT2D eigenvalue weighted by molar-refractivity contribution is 0.102. The number of aromatic nitrogens is 1. The van der Waals surface area contributed by atoms with Gasteiger partial charge in [-0.2, -0.15) is 0 Å². The highest BCUT2D eigenvalue weighted by molar-refractivity contribution is 6.05. The molecule has 1 saturated carbocycles. The van der Waals surface area contributed by atoms with E-state index in [1.54, 1.807) is 30.5 Å². The maximum absolute atomic E-state index is 13.7. The van der Waals surface area contributed by atoms with Crippen molar-refractivity contribution in [2.24, 2.45) is 0 Å². The second kappa shape index (κ2) is 8.67. The molecule has 1 aliphatic carbocycles. The number of hydrogen-bond acceptors (Lipinski definition) is 4. The summed E-state index contributed by atoms with van der Waals surface area (Å²) in [6.45, 7) is 0. The van der Waals surface area contributed by atoms with E-state index in [9.17, 15) is 9.18 Å². The lowest BCUT2D eigenvalue weighted by Crippen LogP contribution is -2.26. The summed E-state index contributed by atoms with van der Waals surface area (Å²) in [5.41, 5.74) is 4.43. The van der Waals surface area contributed by atoms with Crippen LogP contribution in [0.15, 0.2) is 79.0 Å². The SMILES string of the molecule is O=C(Nc1cccc(NC2CCC2)c1)c1cccc(Nc2ccnc3ccc(F)cc23)c1. The van der Waals surface area contributed by atoms with Gasteiger partial charge in [0.05, 0.1) is 5.52 Å². The van der Waals surface area contributed by atoms with Crippen molar-refractivity contribution in [2.45, 2.75) is 25.3 Å². The molecule has 1 aliphatic rings. The maximum atomic E-state index is 13.7. The number of fused-ring (bicyclic) bond motifs is 1. The quantitative estimate of drug-likeness (QED) is 0.337. The number of nitrogens with zero attached hydrogens (tertiary/aromatic N) is 1. The zero-order valence-corrected chi connectivity index (χ0v) is 17.4. The van der Waals surface area contributed by atoms with Gasteiger partial charge in [0, 0.05) is 45.9 Å². The van der Waals surface area contributed by atoms with Gasteiger partial charge in [0.2, 0.25) is 0 Å². The third-order valence-electron chi connectivity index (χ3n) is 5.70. The van der Waals surface area contributed by atoms with E-state index in [1.807, 2.05) is 36.4 Å². The van der Waals surface area contributed by atoms with E-state index in [0.717, 1.165) is 22.7 Å². The number of pyridine rings is 1. The molecule has 1 amide bonds. The molecule has 6 heteroatoms. The Morgan fingerprint density at radius 3 is 2.56 bits per heavy atom. The van der Waals surface area contributed by atoms with Gasteiger partial charge in [0.15, 0.2) is 0 Å². The first-order valence-electron chi connectivity index (χ1n) is 10.7. The van der Waals surface area contributed by atoms with Crippen LogP contribution in [0.4, 0.5) is 27.1 Å². The summed E-state index contributed by atoms with van der Waals surface area (Å²) in [7, 11) is 0. The molecule has 32 heavy (non-hydrogen) atoms. The van der Waals surface area contributed by atoms with E-state index in [2.05, 4.69) is 20.9 Å². The summed E-state index contributed by atoms with van der Waals surface area (Å²) in [5.74, 6) is -0.518. The van der Waals surface area contributed by atoms with E-state index >= 15 is 0 Å². The fraction of sp³-hybridized carbons (Fsp3) is 0.154. The maximum Gasteiger partial charge on any atom is 0.255 e. The number of hydrogen-bond donors (Lipinski definition) is 3. The van der Waals surface area contributed by atoms with Gasteiger partial charge < -0.3 is 16.0 Å². The second-order valence-corrected chi connectivity index (χ2v) is 8.03. The van der Waals surface area contributed by atoms with Crippen LogP contribution in [0.5, 0.6) is 0 Å². The lowest BCUT2D eigenvalue weighted by Gasteiger charge is -2.27. The monoisotopic (exact) mass is 426 g/mol. The number of amides is 1. The topological polar surface area (TPSA) is 66.1 Å². The van der Waals surface area contributed by atoms with Gasteiger partial charge in [-0.3, -0.25) is 9.78 Å². The molecular weight excluding hydrogens is 403 g/mol. The van der Waals surface area contributed by atoms with Gasteiger partial charge in [-0.15, -0.1) is 0 Å². The van der Waals surface area contributed by atoms with Crippen molar-refractivity contribution in [2.75, 3.05) is 16.0 Å². The number of halogens is 1. The molecule has 0 atom stereocenters. The van der Waals surface area contributed by atoms with Crippen molar-refractivity contribution in [1.82, 2.24) is 4.98 Å². The molecular formula is C26H23FN4O. The van der Waals surface area contributed by atoms with Crippen molar-refractivity contribution in [3.8, 4) is 0 Å². The third kappa shape index (κ3) is 4.39. The van der Waals surface area contributed by atoms with E-state index in [0.29, 0.717) is 22.5 Å². The Bertz CT molecular complexity index is 1290. The molecule has 5 rings (SSSR count). The van der Waals surface area contributed by atoms with Crippen molar-refractivity contribution in [3.05, 3.63) is 90.4 Å². The van der Waals surface area contributed by atoms with Crippen LogP contribution in [0, 0.1) is 5.82 Å². The molecule has 3 N–H and O–H groups in total. The Kier molecular flexibility index (Phi) is 5.42. The summed E-state index contributed by atoms with van der Waals surface area (Å²) >= 11 is 0. The standard InChI is InChI=1S/C26H23FN4O/c27-18-10-11-24-23(15-18)25(12-13-28-24)30-20-7-1-4-17(14-20)26(32)31-22-9-3-8-21(16-22)29-19-5-2-6-19/h1,3-4,7-16,19,29H,2,5-6H2,(H,28,30)(H,31,32). The van der Waals surface area contributed by atoms with Gasteiger partial charge in [-0.1, -0.05) is 12.1 Å². The predicted molar refractivity (Wildman–Crippen MR) is 127 cm³/mol. The Labute approximate surface area is 185 Å². The largest absolute Gasteiger partial charge is 0.382 e. The van der Waals surface area contributed by atoms with Crippen LogP contribution in [0.25, 0.3) is 10.9 Å². The minimum absolute atomic E-state index is 0.194.